The molecule has 5 heteroatoms. The average molecular weight is 272 g/mol. The van der Waals surface area contributed by atoms with E-state index >= 15 is 0 Å². The number of benzene rings is 1. The molecule has 108 valence electrons. The SMILES string of the molecule is COCCCOCCOc1ccc(C(C)O)cc1F. The second-order valence-electron chi connectivity index (χ2n) is 4.17. The molecule has 4 nitrogen and oxygen atoms in total. The minimum atomic E-state index is -0.687. The normalized spacial score (nSPS) is 12.4. The third-order valence-corrected chi connectivity index (χ3v) is 2.56. The van der Waals surface area contributed by atoms with Crippen LogP contribution in [0.4, 0.5) is 4.39 Å². The Hall–Kier alpha value is -1.17. The van der Waals surface area contributed by atoms with Crippen molar-refractivity contribution in [3.63, 3.8) is 0 Å². The maximum Gasteiger partial charge on any atom is 0.165 e. The zero-order chi connectivity index (χ0) is 14.1. The van der Waals surface area contributed by atoms with Crippen molar-refractivity contribution < 1.29 is 23.7 Å². The Morgan fingerprint density at radius 2 is 2.00 bits per heavy atom. The zero-order valence-electron chi connectivity index (χ0n) is 11.4. The number of hydrogen-bond acceptors (Lipinski definition) is 4. The zero-order valence-corrected chi connectivity index (χ0v) is 11.4. The van der Waals surface area contributed by atoms with Crippen LogP contribution in [0.2, 0.25) is 0 Å². The van der Waals surface area contributed by atoms with Crippen LogP contribution in [0.1, 0.15) is 25.0 Å². The summed E-state index contributed by atoms with van der Waals surface area (Å²) in [6.07, 6.45) is 0.140. The van der Waals surface area contributed by atoms with E-state index in [4.69, 9.17) is 14.2 Å². The quantitative estimate of drug-likeness (QED) is 0.701. The Morgan fingerprint density at radius 3 is 2.63 bits per heavy atom. The fraction of sp³-hybridized carbons (Fsp3) is 0.571. The predicted molar refractivity (Wildman–Crippen MR) is 69.8 cm³/mol. The molecule has 0 aliphatic carbocycles. The number of aliphatic hydroxyl groups is 1. The van der Waals surface area contributed by atoms with E-state index in [2.05, 4.69) is 0 Å². The summed E-state index contributed by atoms with van der Waals surface area (Å²) in [6.45, 7) is 3.54. The van der Waals surface area contributed by atoms with E-state index < -0.39 is 11.9 Å². The lowest BCUT2D eigenvalue weighted by atomic mass is 10.1. The third kappa shape index (κ3) is 6.00. The van der Waals surface area contributed by atoms with Gasteiger partial charge < -0.3 is 19.3 Å². The Morgan fingerprint density at radius 1 is 1.21 bits per heavy atom. The van der Waals surface area contributed by atoms with Gasteiger partial charge in [0.1, 0.15) is 6.61 Å². The fourth-order valence-electron chi connectivity index (χ4n) is 1.51. The molecule has 0 radical (unpaired) electrons. The minimum absolute atomic E-state index is 0.171. The molecule has 0 amide bonds. The Balaban J connectivity index is 2.26. The molecule has 0 aliphatic heterocycles. The lowest BCUT2D eigenvalue weighted by molar-refractivity contribution is 0.0796. The van der Waals surface area contributed by atoms with Gasteiger partial charge in [-0.05, 0) is 31.0 Å². The molecular formula is C14H21FO4. The molecule has 0 spiro atoms. The largest absolute Gasteiger partial charge is 0.488 e. The van der Waals surface area contributed by atoms with E-state index in [9.17, 15) is 9.50 Å². The van der Waals surface area contributed by atoms with Crippen LogP contribution in [0.25, 0.3) is 0 Å². The van der Waals surface area contributed by atoms with Gasteiger partial charge in [-0.2, -0.15) is 0 Å². The van der Waals surface area contributed by atoms with Gasteiger partial charge in [-0.3, -0.25) is 0 Å². The van der Waals surface area contributed by atoms with Crippen molar-refractivity contribution in [3.8, 4) is 5.75 Å². The lowest BCUT2D eigenvalue weighted by Crippen LogP contribution is -2.09. The summed E-state index contributed by atoms with van der Waals surface area (Å²) in [6, 6.07) is 4.43. The first-order chi connectivity index (χ1) is 9.15. The van der Waals surface area contributed by atoms with Crippen molar-refractivity contribution in [2.45, 2.75) is 19.4 Å². The summed E-state index contributed by atoms with van der Waals surface area (Å²) < 4.78 is 29.0. The smallest absolute Gasteiger partial charge is 0.165 e. The van der Waals surface area contributed by atoms with Gasteiger partial charge in [0.25, 0.3) is 0 Å². The van der Waals surface area contributed by atoms with Gasteiger partial charge in [-0.15, -0.1) is 0 Å². The summed E-state index contributed by atoms with van der Waals surface area (Å²) in [4.78, 5) is 0. The second kappa shape index (κ2) is 8.85. The number of rotatable bonds is 9. The monoisotopic (exact) mass is 272 g/mol. The van der Waals surface area contributed by atoms with E-state index in [1.54, 1.807) is 20.1 Å². The number of aliphatic hydroxyl groups excluding tert-OH is 1. The fourth-order valence-corrected chi connectivity index (χ4v) is 1.51. The second-order valence-corrected chi connectivity index (χ2v) is 4.17. The van der Waals surface area contributed by atoms with Crippen molar-refractivity contribution in [3.05, 3.63) is 29.6 Å². The van der Waals surface area contributed by atoms with Crippen molar-refractivity contribution in [1.82, 2.24) is 0 Å². The minimum Gasteiger partial charge on any atom is -0.488 e. The molecule has 1 atom stereocenters. The Kier molecular flexibility index (Phi) is 7.40. The molecule has 19 heavy (non-hydrogen) atoms. The highest BCUT2D eigenvalue weighted by Crippen LogP contribution is 2.21. The van der Waals surface area contributed by atoms with Crippen molar-refractivity contribution in [1.29, 1.82) is 0 Å². The summed E-state index contributed by atoms with van der Waals surface area (Å²) >= 11 is 0. The number of ether oxygens (including phenoxy) is 3. The molecular weight excluding hydrogens is 251 g/mol. The molecule has 0 aliphatic rings. The lowest BCUT2D eigenvalue weighted by Gasteiger charge is -2.10. The molecule has 0 saturated carbocycles. The maximum absolute atomic E-state index is 13.6. The van der Waals surface area contributed by atoms with Crippen LogP contribution in [0.15, 0.2) is 18.2 Å². The number of hydrogen-bond donors (Lipinski definition) is 1. The van der Waals surface area contributed by atoms with Crippen LogP contribution in [-0.2, 0) is 9.47 Å². The first kappa shape index (κ1) is 15.9. The van der Waals surface area contributed by atoms with Gasteiger partial charge in [-0.25, -0.2) is 4.39 Å². The van der Waals surface area contributed by atoms with E-state index in [0.29, 0.717) is 25.4 Å². The first-order valence-electron chi connectivity index (χ1n) is 6.32. The topological polar surface area (TPSA) is 47.9 Å². The first-order valence-corrected chi connectivity index (χ1v) is 6.32. The van der Waals surface area contributed by atoms with Crippen LogP contribution in [-0.4, -0.2) is 38.6 Å². The van der Waals surface area contributed by atoms with E-state index in [0.717, 1.165) is 6.42 Å². The van der Waals surface area contributed by atoms with Crippen LogP contribution >= 0.6 is 0 Å². The molecule has 0 bridgehead atoms. The van der Waals surface area contributed by atoms with Gasteiger partial charge >= 0.3 is 0 Å². The molecule has 1 rings (SSSR count). The third-order valence-electron chi connectivity index (χ3n) is 2.56. The summed E-state index contributed by atoms with van der Waals surface area (Å²) in [7, 11) is 1.64. The molecule has 1 aromatic carbocycles. The highest BCUT2D eigenvalue weighted by atomic mass is 19.1. The van der Waals surface area contributed by atoms with Crippen LogP contribution in [0.3, 0.4) is 0 Å². The predicted octanol–water partition coefficient (Wildman–Crippen LogP) is 2.31. The van der Waals surface area contributed by atoms with Gasteiger partial charge in [-0.1, -0.05) is 6.07 Å². The molecule has 0 heterocycles. The summed E-state index contributed by atoms with van der Waals surface area (Å²) in [5.74, 6) is -0.303. The maximum atomic E-state index is 13.6. The Labute approximate surface area is 113 Å². The molecule has 0 aromatic heterocycles. The molecule has 0 fully saturated rings. The van der Waals surface area contributed by atoms with Crippen LogP contribution < -0.4 is 4.74 Å². The van der Waals surface area contributed by atoms with Crippen LogP contribution in [0, 0.1) is 5.82 Å². The van der Waals surface area contributed by atoms with Gasteiger partial charge in [0.2, 0.25) is 0 Å². The highest BCUT2D eigenvalue weighted by Gasteiger charge is 2.07. The van der Waals surface area contributed by atoms with Crippen LogP contribution in [0.5, 0.6) is 5.75 Å². The van der Waals surface area contributed by atoms with Gasteiger partial charge in [0, 0.05) is 20.3 Å². The van der Waals surface area contributed by atoms with E-state index in [1.165, 1.54) is 12.1 Å². The Bertz CT molecular complexity index is 368. The highest BCUT2D eigenvalue weighted by molar-refractivity contribution is 5.30. The number of halogens is 1. The number of methoxy groups -OCH3 is 1. The standard InChI is InChI=1S/C14H21FO4/c1-11(16)12-4-5-14(13(15)10-12)19-9-8-18-7-3-6-17-2/h4-5,10-11,16H,3,6-9H2,1-2H3. The van der Waals surface area contributed by atoms with Crippen molar-refractivity contribution in [2.75, 3.05) is 33.5 Å². The van der Waals surface area contributed by atoms with E-state index in [1.807, 2.05) is 0 Å². The summed E-state index contributed by atoms with van der Waals surface area (Å²) in [5.41, 5.74) is 0.528. The van der Waals surface area contributed by atoms with Gasteiger partial charge in [0.05, 0.1) is 12.7 Å². The molecule has 1 aromatic rings. The molecule has 0 saturated heterocycles. The average Bonchev–Trinajstić information content (AvgIpc) is 2.39. The molecule has 1 unspecified atom stereocenters. The molecule has 1 N–H and O–H groups in total. The van der Waals surface area contributed by atoms with Crippen molar-refractivity contribution >= 4 is 0 Å². The van der Waals surface area contributed by atoms with Crippen molar-refractivity contribution in [2.24, 2.45) is 0 Å². The summed E-state index contributed by atoms with van der Waals surface area (Å²) in [5, 5.41) is 9.32. The van der Waals surface area contributed by atoms with Gasteiger partial charge in [0.15, 0.2) is 11.6 Å². The van der Waals surface area contributed by atoms with E-state index in [-0.39, 0.29) is 12.4 Å².